The number of hydroxylamine groups is 1. The van der Waals surface area contributed by atoms with E-state index in [1.165, 1.54) is 5.48 Å². The molecule has 0 rings (SSSR count). The minimum absolute atomic E-state index is 0.0651. The molecule has 0 fully saturated rings. The molecule has 4 nitrogen and oxygen atoms in total. The Bertz CT molecular complexity index is 84.3. The van der Waals surface area contributed by atoms with Crippen molar-refractivity contribution in [2.75, 3.05) is 13.2 Å². The predicted molar refractivity (Wildman–Crippen MR) is 31.0 cm³/mol. The van der Waals surface area contributed by atoms with Gasteiger partial charge in [-0.3, -0.25) is 10.0 Å². The molecule has 0 atom stereocenters. The molecular formula is C5H11NO3. The second-order valence-electron chi connectivity index (χ2n) is 1.59. The van der Waals surface area contributed by atoms with E-state index in [9.17, 15) is 4.79 Å². The van der Waals surface area contributed by atoms with Crippen LogP contribution in [0.3, 0.4) is 0 Å². The predicted octanol–water partition coefficient (Wildman–Crippen LogP) is -0.0816. The molecule has 0 radical (unpaired) electrons. The number of ether oxygens (including phenoxy) is 1. The minimum atomic E-state index is -0.511. The molecule has 0 unspecified atom stereocenters. The largest absolute Gasteiger partial charge is 0.372 e. The number of nitrogens with one attached hydrogen (secondary N) is 1. The van der Waals surface area contributed by atoms with E-state index in [0.29, 0.717) is 6.61 Å². The molecule has 0 heterocycles. The van der Waals surface area contributed by atoms with Gasteiger partial charge in [0.25, 0.3) is 5.91 Å². The van der Waals surface area contributed by atoms with E-state index < -0.39 is 5.91 Å². The quantitative estimate of drug-likeness (QED) is 0.320. The van der Waals surface area contributed by atoms with Crippen molar-refractivity contribution < 1.29 is 14.7 Å². The van der Waals surface area contributed by atoms with Crippen molar-refractivity contribution in [2.45, 2.75) is 13.3 Å². The fraction of sp³-hybridized carbons (Fsp3) is 0.800. The summed E-state index contributed by atoms with van der Waals surface area (Å²) in [5.74, 6) is -0.511. The van der Waals surface area contributed by atoms with E-state index >= 15 is 0 Å². The Kier molecular flexibility index (Phi) is 5.15. The summed E-state index contributed by atoms with van der Waals surface area (Å²) in [4.78, 5) is 10.2. The van der Waals surface area contributed by atoms with E-state index in [1.54, 1.807) is 0 Å². The van der Waals surface area contributed by atoms with Crippen LogP contribution >= 0.6 is 0 Å². The van der Waals surface area contributed by atoms with Gasteiger partial charge in [-0.05, 0) is 6.42 Å². The number of carbonyl (C=O) groups excluding carboxylic acids is 1. The van der Waals surface area contributed by atoms with Gasteiger partial charge in [0.2, 0.25) is 0 Å². The zero-order valence-electron chi connectivity index (χ0n) is 5.39. The van der Waals surface area contributed by atoms with Crippen molar-refractivity contribution in [3.63, 3.8) is 0 Å². The first-order chi connectivity index (χ1) is 4.31. The Morgan fingerprint density at radius 2 is 2.44 bits per heavy atom. The van der Waals surface area contributed by atoms with Crippen LogP contribution in [0.1, 0.15) is 13.3 Å². The van der Waals surface area contributed by atoms with Gasteiger partial charge in [-0.2, -0.15) is 0 Å². The highest BCUT2D eigenvalue weighted by atomic mass is 16.5. The maximum atomic E-state index is 10.2. The van der Waals surface area contributed by atoms with Crippen LogP contribution in [0.15, 0.2) is 0 Å². The molecule has 0 aliphatic carbocycles. The highest BCUT2D eigenvalue weighted by Gasteiger charge is 1.95. The molecule has 0 aromatic heterocycles. The molecule has 0 aliphatic rings. The average molecular weight is 133 g/mol. The average Bonchev–Trinajstić information content (AvgIpc) is 1.89. The van der Waals surface area contributed by atoms with Gasteiger partial charge in [0.1, 0.15) is 6.61 Å². The fourth-order valence-electron chi connectivity index (χ4n) is 0.341. The maximum Gasteiger partial charge on any atom is 0.269 e. The maximum absolute atomic E-state index is 10.2. The molecule has 0 aromatic rings. The zero-order valence-corrected chi connectivity index (χ0v) is 5.39. The summed E-state index contributed by atoms with van der Waals surface area (Å²) in [6.07, 6.45) is 0.874. The molecule has 9 heavy (non-hydrogen) atoms. The summed E-state index contributed by atoms with van der Waals surface area (Å²) in [7, 11) is 0. The van der Waals surface area contributed by atoms with Crippen molar-refractivity contribution in [1.29, 1.82) is 0 Å². The molecule has 2 N–H and O–H groups in total. The van der Waals surface area contributed by atoms with Crippen LogP contribution < -0.4 is 5.48 Å². The van der Waals surface area contributed by atoms with Gasteiger partial charge >= 0.3 is 0 Å². The third kappa shape index (κ3) is 5.26. The van der Waals surface area contributed by atoms with Gasteiger partial charge in [-0.1, -0.05) is 6.92 Å². The molecule has 54 valence electrons. The summed E-state index contributed by atoms with van der Waals surface area (Å²) >= 11 is 0. The standard InChI is InChI=1S/C5H11NO3/c1-2-3-9-4-5(7)6-8/h8H,2-4H2,1H3,(H,6,7). The minimum Gasteiger partial charge on any atom is -0.372 e. The molecule has 0 aliphatic heterocycles. The Hall–Kier alpha value is -0.610. The number of rotatable bonds is 4. The van der Waals surface area contributed by atoms with E-state index in [-0.39, 0.29) is 6.61 Å². The molecule has 0 aromatic carbocycles. The number of hydrogen-bond acceptors (Lipinski definition) is 3. The lowest BCUT2D eigenvalue weighted by molar-refractivity contribution is -0.133. The Morgan fingerprint density at radius 1 is 1.78 bits per heavy atom. The third-order valence-corrected chi connectivity index (χ3v) is 0.706. The summed E-state index contributed by atoms with van der Waals surface area (Å²) in [6.45, 7) is 2.43. The molecule has 0 saturated carbocycles. The fourth-order valence-corrected chi connectivity index (χ4v) is 0.341. The van der Waals surface area contributed by atoms with Gasteiger partial charge in [0.15, 0.2) is 0 Å². The van der Waals surface area contributed by atoms with Gasteiger partial charge in [-0.25, -0.2) is 5.48 Å². The van der Waals surface area contributed by atoms with Crippen LogP contribution in [-0.2, 0) is 9.53 Å². The number of carbonyl (C=O) groups is 1. The SMILES string of the molecule is CCCOCC(=O)NO. The van der Waals surface area contributed by atoms with E-state index in [1.807, 2.05) is 6.92 Å². The van der Waals surface area contributed by atoms with Crippen LogP contribution in [0.2, 0.25) is 0 Å². The molecule has 0 saturated heterocycles. The van der Waals surface area contributed by atoms with Gasteiger partial charge in [-0.15, -0.1) is 0 Å². The summed E-state index contributed by atoms with van der Waals surface area (Å²) in [6, 6.07) is 0. The summed E-state index contributed by atoms with van der Waals surface area (Å²) in [5.41, 5.74) is 1.46. The smallest absolute Gasteiger partial charge is 0.269 e. The van der Waals surface area contributed by atoms with Crippen LogP contribution in [0.25, 0.3) is 0 Å². The first-order valence-corrected chi connectivity index (χ1v) is 2.82. The van der Waals surface area contributed by atoms with Crippen molar-refractivity contribution in [3.05, 3.63) is 0 Å². The number of amides is 1. The normalized spacial score (nSPS) is 9.11. The highest BCUT2D eigenvalue weighted by molar-refractivity contribution is 5.75. The van der Waals surface area contributed by atoms with Gasteiger partial charge in [0, 0.05) is 6.61 Å². The summed E-state index contributed by atoms with van der Waals surface area (Å²) < 4.78 is 4.76. The molecular weight excluding hydrogens is 122 g/mol. The Balaban J connectivity index is 2.97. The molecule has 1 amide bonds. The van der Waals surface area contributed by atoms with Crippen molar-refractivity contribution in [3.8, 4) is 0 Å². The van der Waals surface area contributed by atoms with E-state index in [0.717, 1.165) is 6.42 Å². The number of hydrogen-bond donors (Lipinski definition) is 2. The Morgan fingerprint density at radius 3 is 2.89 bits per heavy atom. The van der Waals surface area contributed by atoms with Gasteiger partial charge < -0.3 is 4.74 Å². The third-order valence-electron chi connectivity index (χ3n) is 0.706. The zero-order chi connectivity index (χ0) is 7.11. The van der Waals surface area contributed by atoms with Crippen molar-refractivity contribution in [1.82, 2.24) is 5.48 Å². The molecule has 0 spiro atoms. The van der Waals surface area contributed by atoms with Crippen molar-refractivity contribution >= 4 is 5.91 Å². The second kappa shape index (κ2) is 5.53. The summed E-state index contributed by atoms with van der Waals surface area (Å²) in [5, 5.41) is 7.95. The molecule has 0 bridgehead atoms. The van der Waals surface area contributed by atoms with Crippen LogP contribution in [0, 0.1) is 0 Å². The lowest BCUT2D eigenvalue weighted by Crippen LogP contribution is -2.23. The first kappa shape index (κ1) is 8.39. The van der Waals surface area contributed by atoms with E-state index in [4.69, 9.17) is 9.94 Å². The molecule has 4 heteroatoms. The first-order valence-electron chi connectivity index (χ1n) is 2.82. The second-order valence-corrected chi connectivity index (χ2v) is 1.59. The van der Waals surface area contributed by atoms with E-state index in [2.05, 4.69) is 0 Å². The topological polar surface area (TPSA) is 58.6 Å². The van der Waals surface area contributed by atoms with Crippen LogP contribution in [0.5, 0.6) is 0 Å². The monoisotopic (exact) mass is 133 g/mol. The lowest BCUT2D eigenvalue weighted by atomic mass is 10.5. The van der Waals surface area contributed by atoms with Crippen molar-refractivity contribution in [2.24, 2.45) is 0 Å². The van der Waals surface area contributed by atoms with Crippen LogP contribution in [-0.4, -0.2) is 24.3 Å². The Labute approximate surface area is 53.8 Å². The van der Waals surface area contributed by atoms with Gasteiger partial charge in [0.05, 0.1) is 0 Å². The lowest BCUT2D eigenvalue weighted by Gasteiger charge is -1.98. The highest BCUT2D eigenvalue weighted by Crippen LogP contribution is 1.78. The van der Waals surface area contributed by atoms with Crippen LogP contribution in [0.4, 0.5) is 0 Å².